The van der Waals surface area contributed by atoms with Gasteiger partial charge in [0.25, 0.3) is 0 Å². The third kappa shape index (κ3) is 5.92. The molecular weight excluding hydrogens is 246 g/mol. The maximum atomic E-state index is 12.1. The van der Waals surface area contributed by atoms with Crippen molar-refractivity contribution in [1.82, 2.24) is 15.5 Å². The van der Waals surface area contributed by atoms with Gasteiger partial charge < -0.3 is 20.3 Å². The fourth-order valence-electron chi connectivity index (χ4n) is 1.83. The summed E-state index contributed by atoms with van der Waals surface area (Å²) in [6, 6.07) is 0. The van der Waals surface area contributed by atoms with Gasteiger partial charge in [-0.2, -0.15) is 0 Å². The Bertz CT molecular complexity index is 320. The Morgan fingerprint density at radius 1 is 1.32 bits per heavy atom. The zero-order chi connectivity index (χ0) is 14.5. The molecule has 1 aliphatic rings. The lowest BCUT2D eigenvalue weighted by Crippen LogP contribution is -2.49. The molecule has 6 nitrogen and oxygen atoms in total. The average molecular weight is 271 g/mol. The molecule has 0 aliphatic carbocycles. The molecule has 1 aliphatic heterocycles. The number of carbonyl (C=O) groups excluding carboxylic acids is 2. The average Bonchev–Trinajstić information content (AvgIpc) is 2.34. The van der Waals surface area contributed by atoms with Gasteiger partial charge in [0, 0.05) is 32.7 Å². The van der Waals surface area contributed by atoms with Gasteiger partial charge in [0.1, 0.15) is 5.60 Å². The molecule has 0 saturated carbocycles. The van der Waals surface area contributed by atoms with Gasteiger partial charge in [-0.1, -0.05) is 6.92 Å². The lowest BCUT2D eigenvalue weighted by molar-refractivity contribution is -0.135. The molecule has 0 aromatic rings. The Kier molecular flexibility index (Phi) is 5.60. The molecule has 1 fully saturated rings. The fourth-order valence-corrected chi connectivity index (χ4v) is 1.83. The largest absolute Gasteiger partial charge is 0.444 e. The minimum Gasteiger partial charge on any atom is -0.444 e. The second-order valence-corrected chi connectivity index (χ2v) is 5.86. The van der Waals surface area contributed by atoms with Crippen LogP contribution < -0.4 is 10.6 Å². The Morgan fingerprint density at radius 3 is 2.42 bits per heavy atom. The number of hydrogen-bond donors (Lipinski definition) is 2. The van der Waals surface area contributed by atoms with Gasteiger partial charge in [-0.25, -0.2) is 4.79 Å². The lowest BCUT2D eigenvalue weighted by atomic mass is 10.1. The van der Waals surface area contributed by atoms with Crippen LogP contribution in [0, 0.1) is 5.92 Å². The van der Waals surface area contributed by atoms with E-state index >= 15 is 0 Å². The molecule has 110 valence electrons. The first-order valence-corrected chi connectivity index (χ1v) is 6.76. The highest BCUT2D eigenvalue weighted by atomic mass is 16.6. The fraction of sp³-hybridized carbons (Fsp3) is 0.846. The predicted molar refractivity (Wildman–Crippen MR) is 72.9 cm³/mol. The van der Waals surface area contributed by atoms with E-state index in [-0.39, 0.29) is 11.8 Å². The molecule has 0 bridgehead atoms. The van der Waals surface area contributed by atoms with E-state index < -0.39 is 11.7 Å². The molecule has 2 amide bonds. The maximum absolute atomic E-state index is 12.1. The number of nitrogens with one attached hydrogen (secondary N) is 2. The molecule has 2 N–H and O–H groups in total. The van der Waals surface area contributed by atoms with Crippen molar-refractivity contribution in [3.63, 3.8) is 0 Å². The van der Waals surface area contributed by atoms with Crippen molar-refractivity contribution >= 4 is 12.0 Å². The SMILES string of the molecule is C[C@H](CNC(=O)OC(C)(C)C)C(=O)N1CCNCC1. The lowest BCUT2D eigenvalue weighted by Gasteiger charge is -2.30. The van der Waals surface area contributed by atoms with E-state index in [1.54, 1.807) is 0 Å². The van der Waals surface area contributed by atoms with Crippen LogP contribution in [-0.4, -0.2) is 55.2 Å². The normalized spacial score (nSPS) is 17.8. The number of rotatable bonds is 3. The van der Waals surface area contributed by atoms with E-state index in [1.165, 1.54) is 0 Å². The molecule has 0 aromatic carbocycles. The van der Waals surface area contributed by atoms with Gasteiger partial charge in [-0.05, 0) is 20.8 Å². The summed E-state index contributed by atoms with van der Waals surface area (Å²) in [5.74, 6) is -0.150. The smallest absolute Gasteiger partial charge is 0.407 e. The topological polar surface area (TPSA) is 70.7 Å². The Morgan fingerprint density at radius 2 is 1.89 bits per heavy atom. The van der Waals surface area contributed by atoms with Gasteiger partial charge in [-0.3, -0.25) is 4.79 Å². The summed E-state index contributed by atoms with van der Waals surface area (Å²) in [4.78, 5) is 25.4. The van der Waals surface area contributed by atoms with Gasteiger partial charge in [0.2, 0.25) is 5.91 Å². The van der Waals surface area contributed by atoms with E-state index in [2.05, 4.69) is 10.6 Å². The minimum atomic E-state index is -0.518. The number of alkyl carbamates (subject to hydrolysis) is 1. The second kappa shape index (κ2) is 6.75. The van der Waals surface area contributed by atoms with Crippen molar-refractivity contribution in [2.24, 2.45) is 5.92 Å². The first kappa shape index (κ1) is 15.8. The van der Waals surface area contributed by atoms with Crippen LogP contribution in [0.5, 0.6) is 0 Å². The van der Waals surface area contributed by atoms with Crippen molar-refractivity contribution in [1.29, 1.82) is 0 Å². The monoisotopic (exact) mass is 271 g/mol. The van der Waals surface area contributed by atoms with Crippen molar-refractivity contribution < 1.29 is 14.3 Å². The summed E-state index contributed by atoms with van der Waals surface area (Å²) in [5, 5.41) is 5.84. The predicted octanol–water partition coefficient (Wildman–Crippen LogP) is 0.579. The van der Waals surface area contributed by atoms with Crippen molar-refractivity contribution in [3.8, 4) is 0 Å². The van der Waals surface area contributed by atoms with Crippen LogP contribution in [0.4, 0.5) is 4.79 Å². The Balaban J connectivity index is 2.31. The highest BCUT2D eigenvalue weighted by Crippen LogP contribution is 2.07. The van der Waals surface area contributed by atoms with Crippen LogP contribution >= 0.6 is 0 Å². The maximum Gasteiger partial charge on any atom is 0.407 e. The first-order valence-electron chi connectivity index (χ1n) is 6.76. The van der Waals surface area contributed by atoms with Crippen molar-refractivity contribution in [2.75, 3.05) is 32.7 Å². The molecular formula is C13H25N3O3. The van der Waals surface area contributed by atoms with Crippen LogP contribution in [0.15, 0.2) is 0 Å². The molecule has 1 heterocycles. The van der Waals surface area contributed by atoms with Gasteiger partial charge in [0.05, 0.1) is 5.92 Å². The molecule has 6 heteroatoms. The number of hydrogen-bond acceptors (Lipinski definition) is 4. The molecule has 1 rings (SSSR count). The van der Waals surface area contributed by atoms with E-state index in [4.69, 9.17) is 4.74 Å². The van der Waals surface area contributed by atoms with Crippen molar-refractivity contribution in [2.45, 2.75) is 33.3 Å². The molecule has 0 spiro atoms. The summed E-state index contributed by atoms with van der Waals surface area (Å²) in [6.45, 7) is 10.7. The molecule has 1 saturated heterocycles. The third-order valence-electron chi connectivity index (χ3n) is 2.80. The number of nitrogens with zero attached hydrogens (tertiary/aromatic N) is 1. The summed E-state index contributed by atoms with van der Waals surface area (Å²) < 4.78 is 5.13. The quantitative estimate of drug-likeness (QED) is 0.787. The van der Waals surface area contributed by atoms with Crippen LogP contribution in [0.3, 0.4) is 0 Å². The summed E-state index contributed by atoms with van der Waals surface area (Å²) in [5.41, 5.74) is -0.518. The van der Waals surface area contributed by atoms with Crippen LogP contribution in [0.25, 0.3) is 0 Å². The molecule has 1 atom stereocenters. The Hall–Kier alpha value is -1.30. The van der Waals surface area contributed by atoms with Crippen LogP contribution in [0.1, 0.15) is 27.7 Å². The summed E-state index contributed by atoms with van der Waals surface area (Å²) in [7, 11) is 0. The molecule has 19 heavy (non-hydrogen) atoms. The van der Waals surface area contributed by atoms with Gasteiger partial charge >= 0.3 is 6.09 Å². The third-order valence-corrected chi connectivity index (χ3v) is 2.80. The molecule has 0 unspecified atom stereocenters. The number of amides is 2. The summed E-state index contributed by atoms with van der Waals surface area (Å²) in [6.07, 6.45) is -0.479. The van der Waals surface area contributed by atoms with E-state index in [0.29, 0.717) is 6.54 Å². The highest BCUT2D eigenvalue weighted by molar-refractivity contribution is 5.79. The molecule has 0 radical (unpaired) electrons. The second-order valence-electron chi connectivity index (χ2n) is 5.86. The molecule has 0 aromatic heterocycles. The standard InChI is InChI=1S/C13H25N3O3/c1-10(9-15-12(18)19-13(2,3)4)11(17)16-7-5-14-6-8-16/h10,14H,5-9H2,1-4H3,(H,15,18)/t10-/m1/s1. The zero-order valence-corrected chi connectivity index (χ0v) is 12.3. The number of ether oxygens (including phenoxy) is 1. The highest BCUT2D eigenvalue weighted by Gasteiger charge is 2.23. The van der Waals surface area contributed by atoms with E-state index in [1.807, 2.05) is 32.6 Å². The van der Waals surface area contributed by atoms with Crippen LogP contribution in [-0.2, 0) is 9.53 Å². The van der Waals surface area contributed by atoms with Crippen molar-refractivity contribution in [3.05, 3.63) is 0 Å². The zero-order valence-electron chi connectivity index (χ0n) is 12.3. The van der Waals surface area contributed by atoms with E-state index in [9.17, 15) is 9.59 Å². The number of carbonyl (C=O) groups is 2. The first-order chi connectivity index (χ1) is 8.79. The van der Waals surface area contributed by atoms with E-state index in [0.717, 1.165) is 26.2 Å². The van der Waals surface area contributed by atoms with Gasteiger partial charge in [0.15, 0.2) is 0 Å². The summed E-state index contributed by atoms with van der Waals surface area (Å²) >= 11 is 0. The Labute approximate surface area is 114 Å². The van der Waals surface area contributed by atoms with Crippen LogP contribution in [0.2, 0.25) is 0 Å². The number of piperazine rings is 1. The minimum absolute atomic E-state index is 0.0811. The van der Waals surface area contributed by atoms with Gasteiger partial charge in [-0.15, -0.1) is 0 Å².